The largest absolute Gasteiger partial charge is 0.508 e. The number of aromatic hydroxyl groups is 1. The van der Waals surface area contributed by atoms with Gasteiger partial charge in [0.2, 0.25) is 0 Å². The number of hydrogen-bond donors (Lipinski definition) is 2. The molecule has 1 aromatic rings. The van der Waals surface area contributed by atoms with Crippen LogP contribution in [0, 0.1) is 0 Å². The standard InChI is InChI=1S/C9H12O2S/c1-11-9-6-8(10)3-2-7(9)4-5-12/h2-3,6,10,12H,4-5H2,1H3. The highest BCUT2D eigenvalue weighted by Crippen LogP contribution is 2.24. The van der Waals surface area contributed by atoms with E-state index >= 15 is 0 Å². The van der Waals surface area contributed by atoms with Gasteiger partial charge in [0.25, 0.3) is 0 Å². The average molecular weight is 184 g/mol. The van der Waals surface area contributed by atoms with Gasteiger partial charge in [0.15, 0.2) is 0 Å². The molecule has 0 saturated heterocycles. The smallest absolute Gasteiger partial charge is 0.125 e. The normalized spacial score (nSPS) is 9.83. The van der Waals surface area contributed by atoms with Gasteiger partial charge in [0, 0.05) is 6.07 Å². The highest BCUT2D eigenvalue weighted by Gasteiger charge is 2.02. The fraction of sp³-hybridized carbons (Fsp3) is 0.333. The van der Waals surface area contributed by atoms with Crippen LogP contribution in [-0.4, -0.2) is 18.0 Å². The molecule has 0 unspecified atom stereocenters. The number of rotatable bonds is 3. The molecular formula is C9H12O2S. The van der Waals surface area contributed by atoms with Crippen LogP contribution in [0.2, 0.25) is 0 Å². The highest BCUT2D eigenvalue weighted by molar-refractivity contribution is 7.80. The first-order valence-corrected chi connectivity index (χ1v) is 4.38. The van der Waals surface area contributed by atoms with Gasteiger partial charge in [0.05, 0.1) is 7.11 Å². The van der Waals surface area contributed by atoms with E-state index in [1.807, 2.05) is 6.07 Å². The number of phenols is 1. The van der Waals surface area contributed by atoms with Crippen molar-refractivity contribution in [1.82, 2.24) is 0 Å². The van der Waals surface area contributed by atoms with Gasteiger partial charge in [-0.25, -0.2) is 0 Å². The maximum Gasteiger partial charge on any atom is 0.125 e. The summed E-state index contributed by atoms with van der Waals surface area (Å²) < 4.78 is 5.08. The predicted molar refractivity (Wildman–Crippen MR) is 52.2 cm³/mol. The molecule has 0 aliphatic carbocycles. The van der Waals surface area contributed by atoms with E-state index in [4.69, 9.17) is 9.84 Å². The second kappa shape index (κ2) is 4.26. The summed E-state index contributed by atoms with van der Waals surface area (Å²) in [6.07, 6.45) is 0.854. The van der Waals surface area contributed by atoms with Crippen LogP contribution in [0.5, 0.6) is 11.5 Å². The molecule has 12 heavy (non-hydrogen) atoms. The van der Waals surface area contributed by atoms with Gasteiger partial charge in [-0.05, 0) is 23.8 Å². The quantitative estimate of drug-likeness (QED) is 0.702. The molecule has 0 aliphatic heterocycles. The van der Waals surface area contributed by atoms with E-state index in [9.17, 15) is 0 Å². The molecule has 0 spiro atoms. The van der Waals surface area contributed by atoms with Crippen LogP contribution < -0.4 is 4.74 Å². The van der Waals surface area contributed by atoms with Gasteiger partial charge in [-0.15, -0.1) is 0 Å². The Morgan fingerprint density at radius 1 is 1.50 bits per heavy atom. The summed E-state index contributed by atoms with van der Waals surface area (Å²) in [4.78, 5) is 0. The van der Waals surface area contributed by atoms with Crippen molar-refractivity contribution < 1.29 is 9.84 Å². The second-order valence-electron chi connectivity index (χ2n) is 2.47. The molecule has 1 rings (SSSR count). The fourth-order valence-corrected chi connectivity index (χ4v) is 1.30. The van der Waals surface area contributed by atoms with Crippen LogP contribution in [-0.2, 0) is 6.42 Å². The average Bonchev–Trinajstić information content (AvgIpc) is 2.08. The van der Waals surface area contributed by atoms with E-state index in [1.54, 1.807) is 19.2 Å². The van der Waals surface area contributed by atoms with Crippen LogP contribution in [0.1, 0.15) is 5.56 Å². The SMILES string of the molecule is COc1cc(O)ccc1CCS. The third-order valence-electron chi connectivity index (χ3n) is 1.65. The Labute approximate surface area is 77.6 Å². The Hall–Kier alpha value is -0.830. The van der Waals surface area contributed by atoms with Crippen LogP contribution >= 0.6 is 12.6 Å². The lowest BCUT2D eigenvalue weighted by molar-refractivity contribution is 0.403. The number of aryl methyl sites for hydroxylation is 1. The molecule has 0 heterocycles. The highest BCUT2D eigenvalue weighted by atomic mass is 32.1. The Morgan fingerprint density at radius 2 is 2.25 bits per heavy atom. The summed E-state index contributed by atoms with van der Waals surface area (Å²) in [5, 5.41) is 9.14. The van der Waals surface area contributed by atoms with E-state index in [-0.39, 0.29) is 5.75 Å². The van der Waals surface area contributed by atoms with Gasteiger partial charge < -0.3 is 9.84 Å². The van der Waals surface area contributed by atoms with Gasteiger partial charge in [-0.2, -0.15) is 12.6 Å². The molecule has 0 atom stereocenters. The minimum absolute atomic E-state index is 0.231. The zero-order chi connectivity index (χ0) is 8.97. The molecule has 0 saturated carbocycles. The first-order valence-electron chi connectivity index (χ1n) is 3.74. The lowest BCUT2D eigenvalue weighted by Gasteiger charge is -2.06. The van der Waals surface area contributed by atoms with Crippen LogP contribution in [0.4, 0.5) is 0 Å². The predicted octanol–water partition coefficient (Wildman–Crippen LogP) is 1.87. The van der Waals surface area contributed by atoms with E-state index in [2.05, 4.69) is 12.6 Å². The van der Waals surface area contributed by atoms with Crippen molar-refractivity contribution in [1.29, 1.82) is 0 Å². The molecule has 1 N–H and O–H groups in total. The third-order valence-corrected chi connectivity index (χ3v) is 1.88. The number of methoxy groups -OCH3 is 1. The second-order valence-corrected chi connectivity index (χ2v) is 2.92. The summed E-state index contributed by atoms with van der Waals surface area (Å²) in [6, 6.07) is 5.12. The van der Waals surface area contributed by atoms with Crippen molar-refractivity contribution in [3.63, 3.8) is 0 Å². The minimum atomic E-state index is 0.231. The Bertz CT molecular complexity index is 261. The van der Waals surface area contributed by atoms with E-state index < -0.39 is 0 Å². The molecule has 0 radical (unpaired) electrons. The summed E-state index contributed by atoms with van der Waals surface area (Å²) in [6.45, 7) is 0. The zero-order valence-corrected chi connectivity index (χ0v) is 7.84. The molecular weight excluding hydrogens is 172 g/mol. The number of hydrogen-bond acceptors (Lipinski definition) is 3. The lowest BCUT2D eigenvalue weighted by Crippen LogP contribution is -1.92. The van der Waals surface area contributed by atoms with Crippen molar-refractivity contribution in [2.24, 2.45) is 0 Å². The summed E-state index contributed by atoms with van der Waals surface area (Å²) in [7, 11) is 1.59. The molecule has 66 valence electrons. The van der Waals surface area contributed by atoms with Gasteiger partial charge in [-0.3, -0.25) is 0 Å². The summed E-state index contributed by atoms with van der Waals surface area (Å²) in [5.74, 6) is 1.74. The summed E-state index contributed by atoms with van der Waals surface area (Å²) >= 11 is 4.13. The van der Waals surface area contributed by atoms with Crippen molar-refractivity contribution in [3.8, 4) is 11.5 Å². The number of benzene rings is 1. The molecule has 2 nitrogen and oxygen atoms in total. The topological polar surface area (TPSA) is 29.5 Å². The lowest BCUT2D eigenvalue weighted by atomic mass is 10.1. The number of phenolic OH excluding ortho intramolecular Hbond substituents is 1. The van der Waals surface area contributed by atoms with Crippen molar-refractivity contribution in [2.45, 2.75) is 6.42 Å². The summed E-state index contributed by atoms with van der Waals surface area (Å²) in [5.41, 5.74) is 1.07. The van der Waals surface area contributed by atoms with Crippen molar-refractivity contribution in [2.75, 3.05) is 12.9 Å². The maximum atomic E-state index is 9.14. The minimum Gasteiger partial charge on any atom is -0.508 e. The molecule has 0 fully saturated rings. The first-order chi connectivity index (χ1) is 5.77. The third kappa shape index (κ3) is 2.08. The van der Waals surface area contributed by atoms with Gasteiger partial charge in [0.1, 0.15) is 11.5 Å². The molecule has 1 aromatic carbocycles. The van der Waals surface area contributed by atoms with Crippen molar-refractivity contribution >= 4 is 12.6 Å². The van der Waals surface area contributed by atoms with Gasteiger partial charge in [-0.1, -0.05) is 6.07 Å². The zero-order valence-electron chi connectivity index (χ0n) is 6.95. The van der Waals surface area contributed by atoms with Crippen LogP contribution in [0.25, 0.3) is 0 Å². The van der Waals surface area contributed by atoms with E-state index in [0.29, 0.717) is 0 Å². The van der Waals surface area contributed by atoms with Crippen LogP contribution in [0.3, 0.4) is 0 Å². The van der Waals surface area contributed by atoms with E-state index in [1.165, 1.54) is 0 Å². The van der Waals surface area contributed by atoms with Crippen molar-refractivity contribution in [3.05, 3.63) is 23.8 Å². The molecule has 0 bridgehead atoms. The number of thiol groups is 1. The maximum absolute atomic E-state index is 9.14. The monoisotopic (exact) mass is 184 g/mol. The van der Waals surface area contributed by atoms with E-state index in [0.717, 1.165) is 23.5 Å². The Morgan fingerprint density at radius 3 is 2.83 bits per heavy atom. The Balaban J connectivity index is 2.94. The molecule has 0 aromatic heterocycles. The molecule has 0 aliphatic rings. The fourth-order valence-electron chi connectivity index (χ4n) is 1.06. The first kappa shape index (κ1) is 9.26. The van der Waals surface area contributed by atoms with Crippen LogP contribution in [0.15, 0.2) is 18.2 Å². The Kier molecular flexibility index (Phi) is 3.29. The molecule has 3 heteroatoms. The number of ether oxygens (including phenoxy) is 1. The molecule has 0 amide bonds. The van der Waals surface area contributed by atoms with Gasteiger partial charge >= 0.3 is 0 Å².